The third kappa shape index (κ3) is 7.09. The summed E-state index contributed by atoms with van der Waals surface area (Å²) >= 11 is 3.92. The van der Waals surface area contributed by atoms with Crippen LogP contribution in [0.25, 0.3) is 38.4 Å². The standard InChI is InChI=1S/C42H46BrN2O/c1-5-40(37-19-20-42-39(27-37)38-15-9-10-16-41(38)46-42)44(28-33-17-18-35-13-7-8-14-36(35)26-33)21-11-12-22-45(6-2,30-43)29-34-24-31(3)23-32(4)25-34/h5,7-10,13-20,23-27H,6,11-12,21-22,28-30H2,1-4H3/q+1/b40-5-. The van der Waals surface area contributed by atoms with Crippen molar-refractivity contribution < 1.29 is 8.90 Å². The maximum absolute atomic E-state index is 6.17. The first-order valence-electron chi connectivity index (χ1n) is 16.7. The summed E-state index contributed by atoms with van der Waals surface area (Å²) < 4.78 is 7.22. The fraction of sp³-hybridized carbons (Fsp3) is 0.286. The molecule has 6 aromatic rings. The lowest BCUT2D eigenvalue weighted by molar-refractivity contribution is -0.926. The van der Waals surface area contributed by atoms with Crippen LogP contribution in [-0.2, 0) is 13.1 Å². The van der Waals surface area contributed by atoms with Gasteiger partial charge in [0.25, 0.3) is 0 Å². The smallest absolute Gasteiger partial charge is 0.135 e. The average Bonchev–Trinajstić information content (AvgIpc) is 3.44. The van der Waals surface area contributed by atoms with E-state index in [4.69, 9.17) is 4.42 Å². The Labute approximate surface area is 282 Å². The molecule has 4 heteroatoms. The number of nitrogens with zero attached hydrogens (tertiary/aromatic N) is 2. The number of quaternary nitrogens is 1. The molecule has 0 radical (unpaired) electrons. The lowest BCUT2D eigenvalue weighted by atomic mass is 10.0. The molecule has 3 nitrogen and oxygen atoms in total. The van der Waals surface area contributed by atoms with E-state index in [9.17, 15) is 0 Å². The van der Waals surface area contributed by atoms with Crippen LogP contribution in [0.1, 0.15) is 54.5 Å². The van der Waals surface area contributed by atoms with E-state index in [0.717, 1.165) is 60.2 Å². The average molecular weight is 675 g/mol. The highest BCUT2D eigenvalue weighted by Gasteiger charge is 2.25. The minimum absolute atomic E-state index is 0.865. The van der Waals surface area contributed by atoms with Gasteiger partial charge in [-0.05, 0) is 109 Å². The van der Waals surface area contributed by atoms with Crippen molar-refractivity contribution in [3.8, 4) is 0 Å². The van der Waals surface area contributed by atoms with Gasteiger partial charge in [-0.15, -0.1) is 0 Å². The molecule has 0 amide bonds. The summed E-state index contributed by atoms with van der Waals surface area (Å²) in [6, 6.07) is 37.6. The fourth-order valence-corrected chi connectivity index (χ4v) is 7.88. The molecule has 1 unspecified atom stereocenters. The molecule has 6 rings (SSSR count). The number of aryl methyl sites for hydroxylation is 2. The third-order valence-electron chi connectivity index (χ3n) is 9.51. The first kappa shape index (κ1) is 32.1. The number of alkyl halides is 1. The van der Waals surface area contributed by atoms with Gasteiger partial charge in [0, 0.05) is 35.1 Å². The van der Waals surface area contributed by atoms with Crippen molar-refractivity contribution in [3.05, 3.63) is 137 Å². The van der Waals surface area contributed by atoms with Crippen molar-refractivity contribution in [1.29, 1.82) is 0 Å². The highest BCUT2D eigenvalue weighted by atomic mass is 79.9. The molecule has 5 aromatic carbocycles. The molecule has 0 N–H and O–H groups in total. The van der Waals surface area contributed by atoms with Gasteiger partial charge in [0.2, 0.25) is 0 Å². The predicted octanol–water partition coefficient (Wildman–Crippen LogP) is 11.4. The normalized spacial score (nSPS) is 13.5. The largest absolute Gasteiger partial charge is 0.456 e. The molecule has 0 fully saturated rings. The number of benzene rings is 5. The summed E-state index contributed by atoms with van der Waals surface area (Å²) in [6.45, 7) is 14.1. The Morgan fingerprint density at radius 2 is 1.50 bits per heavy atom. The first-order valence-corrected chi connectivity index (χ1v) is 17.8. The zero-order valence-electron chi connectivity index (χ0n) is 27.7. The van der Waals surface area contributed by atoms with Gasteiger partial charge in [0.15, 0.2) is 0 Å². The Hall–Kier alpha value is -3.86. The highest BCUT2D eigenvalue weighted by Crippen LogP contribution is 2.33. The predicted molar refractivity (Wildman–Crippen MR) is 200 cm³/mol. The number of rotatable bonds is 13. The van der Waals surface area contributed by atoms with Crippen LogP contribution in [0.15, 0.2) is 114 Å². The molecule has 46 heavy (non-hydrogen) atoms. The van der Waals surface area contributed by atoms with Gasteiger partial charge in [0.1, 0.15) is 23.2 Å². The summed E-state index contributed by atoms with van der Waals surface area (Å²) in [4.78, 5) is 2.59. The second-order valence-electron chi connectivity index (χ2n) is 12.9. The van der Waals surface area contributed by atoms with E-state index in [-0.39, 0.29) is 0 Å². The second-order valence-corrected chi connectivity index (χ2v) is 13.4. The Kier molecular flexibility index (Phi) is 9.96. The number of hydrogen-bond donors (Lipinski definition) is 0. The number of fused-ring (bicyclic) bond motifs is 4. The molecule has 0 saturated carbocycles. The van der Waals surface area contributed by atoms with Gasteiger partial charge in [0.05, 0.1) is 13.1 Å². The van der Waals surface area contributed by atoms with Crippen molar-refractivity contribution >= 4 is 54.3 Å². The van der Waals surface area contributed by atoms with Crippen LogP contribution < -0.4 is 0 Å². The Morgan fingerprint density at radius 1 is 0.761 bits per heavy atom. The van der Waals surface area contributed by atoms with Gasteiger partial charge < -0.3 is 13.8 Å². The fourth-order valence-electron chi connectivity index (χ4n) is 7.09. The van der Waals surface area contributed by atoms with Gasteiger partial charge in [-0.1, -0.05) is 90.0 Å². The van der Waals surface area contributed by atoms with E-state index in [1.165, 1.54) is 61.5 Å². The number of unbranched alkanes of at least 4 members (excludes halogenated alkanes) is 1. The number of halogens is 1. The van der Waals surface area contributed by atoms with E-state index in [1.54, 1.807) is 0 Å². The van der Waals surface area contributed by atoms with E-state index in [2.05, 4.69) is 152 Å². The Bertz CT molecular complexity index is 1960. The number of furan rings is 1. The number of allylic oxidation sites excluding steroid dienone is 1. The van der Waals surface area contributed by atoms with Gasteiger partial charge in [-0.25, -0.2) is 0 Å². The first-order chi connectivity index (χ1) is 22.4. The van der Waals surface area contributed by atoms with Crippen LogP contribution in [-0.4, -0.2) is 34.5 Å². The minimum atomic E-state index is 0.865. The van der Waals surface area contributed by atoms with Crippen LogP contribution in [0, 0.1) is 13.8 Å². The van der Waals surface area contributed by atoms with Gasteiger partial charge in [-0.3, -0.25) is 0 Å². The van der Waals surface area contributed by atoms with Crippen LogP contribution in [0.4, 0.5) is 0 Å². The molecule has 236 valence electrons. The van der Waals surface area contributed by atoms with Crippen molar-refractivity contribution in [3.63, 3.8) is 0 Å². The molecule has 0 aliphatic rings. The van der Waals surface area contributed by atoms with E-state index in [0.29, 0.717) is 0 Å². The van der Waals surface area contributed by atoms with Crippen molar-refractivity contribution in [2.75, 3.05) is 25.1 Å². The van der Waals surface area contributed by atoms with E-state index >= 15 is 0 Å². The maximum atomic E-state index is 6.17. The third-order valence-corrected chi connectivity index (χ3v) is 10.6. The maximum Gasteiger partial charge on any atom is 0.135 e. The zero-order chi connectivity index (χ0) is 32.1. The number of para-hydroxylation sites is 1. The Balaban J connectivity index is 1.25. The summed E-state index contributed by atoms with van der Waals surface area (Å²) in [6.07, 6.45) is 4.58. The lowest BCUT2D eigenvalue weighted by Crippen LogP contribution is -2.46. The summed E-state index contributed by atoms with van der Waals surface area (Å²) in [7, 11) is 0. The summed E-state index contributed by atoms with van der Waals surface area (Å²) in [5.41, 5.74) is 10.8. The van der Waals surface area contributed by atoms with E-state index < -0.39 is 0 Å². The molecular weight excluding hydrogens is 628 g/mol. The molecule has 1 heterocycles. The quantitative estimate of drug-likeness (QED) is 0.0525. The molecule has 0 aliphatic heterocycles. The van der Waals surface area contributed by atoms with Crippen LogP contribution in [0.3, 0.4) is 0 Å². The molecule has 0 spiro atoms. The molecule has 0 bridgehead atoms. The zero-order valence-corrected chi connectivity index (χ0v) is 29.3. The van der Waals surface area contributed by atoms with Crippen LogP contribution in [0.5, 0.6) is 0 Å². The minimum Gasteiger partial charge on any atom is -0.456 e. The molecule has 0 saturated heterocycles. The van der Waals surface area contributed by atoms with Gasteiger partial charge in [-0.2, -0.15) is 0 Å². The number of hydrogen-bond acceptors (Lipinski definition) is 2. The molecule has 1 atom stereocenters. The van der Waals surface area contributed by atoms with Gasteiger partial charge >= 0.3 is 0 Å². The van der Waals surface area contributed by atoms with Crippen molar-refractivity contribution in [2.45, 2.75) is 53.6 Å². The summed E-state index contributed by atoms with van der Waals surface area (Å²) in [5.74, 6) is 0. The van der Waals surface area contributed by atoms with Crippen LogP contribution in [0.2, 0.25) is 0 Å². The van der Waals surface area contributed by atoms with E-state index in [1.807, 2.05) is 6.07 Å². The SMILES string of the molecule is C/C=C(/c1ccc2oc3ccccc3c2c1)N(CCCC[N+](CC)(CBr)Cc1cc(C)cc(C)c1)Cc1ccc2ccccc2c1. The lowest BCUT2D eigenvalue weighted by Gasteiger charge is -2.37. The van der Waals surface area contributed by atoms with Crippen LogP contribution >= 0.6 is 15.9 Å². The topological polar surface area (TPSA) is 16.4 Å². The summed E-state index contributed by atoms with van der Waals surface area (Å²) in [5, 5.41) is 4.92. The second kappa shape index (κ2) is 14.3. The Morgan fingerprint density at radius 3 is 2.26 bits per heavy atom. The van der Waals surface area contributed by atoms with Crippen molar-refractivity contribution in [2.24, 2.45) is 0 Å². The monoisotopic (exact) mass is 673 g/mol. The highest BCUT2D eigenvalue weighted by molar-refractivity contribution is 9.09. The molecule has 0 aliphatic carbocycles. The molecule has 1 aromatic heterocycles. The molecular formula is C42H46BrN2O+. The van der Waals surface area contributed by atoms with Crippen molar-refractivity contribution in [1.82, 2.24) is 4.90 Å².